The van der Waals surface area contributed by atoms with Gasteiger partial charge in [0.05, 0.1) is 4.92 Å². The molecule has 0 N–H and O–H groups in total. The normalized spacial score (nSPS) is 10.4. The van der Waals surface area contributed by atoms with E-state index >= 15 is 0 Å². The van der Waals surface area contributed by atoms with Crippen LogP contribution in [0.2, 0.25) is 0 Å². The fourth-order valence-corrected chi connectivity index (χ4v) is 3.91. The molecule has 4 aromatic rings. The minimum Gasteiger partial charge on any atom is -0.484 e. The molecule has 0 spiro atoms. The van der Waals surface area contributed by atoms with E-state index < -0.39 is 4.92 Å². The first kappa shape index (κ1) is 26.1. The largest absolute Gasteiger partial charge is 0.484 e. The molecule has 0 aliphatic carbocycles. The number of non-ortho nitro benzene ring substituents is 1. The second-order valence-corrected chi connectivity index (χ2v) is 8.68. The van der Waals surface area contributed by atoms with E-state index in [-0.39, 0.29) is 29.7 Å². The Labute approximate surface area is 220 Å². The van der Waals surface area contributed by atoms with Crippen LogP contribution in [0, 0.1) is 10.1 Å². The molecule has 0 heterocycles. The summed E-state index contributed by atoms with van der Waals surface area (Å²) in [6.45, 7) is 0.782. The molecule has 4 aromatic carbocycles. The molecule has 0 atom stereocenters. The van der Waals surface area contributed by atoms with Crippen LogP contribution in [-0.4, -0.2) is 35.3 Å². The average Bonchev–Trinajstić information content (AvgIpc) is 2.96. The molecule has 0 saturated carbocycles. The van der Waals surface area contributed by atoms with Crippen LogP contribution in [-0.2, 0) is 17.9 Å². The molecule has 38 heavy (non-hydrogen) atoms. The molecule has 0 saturated heterocycles. The van der Waals surface area contributed by atoms with E-state index in [0.717, 1.165) is 11.1 Å². The summed E-state index contributed by atoms with van der Waals surface area (Å²) in [5.41, 5.74) is 2.70. The lowest BCUT2D eigenvalue weighted by Gasteiger charge is -2.23. The van der Waals surface area contributed by atoms with Crippen molar-refractivity contribution in [1.29, 1.82) is 0 Å². The molecule has 2 amide bonds. The number of nitro benzene ring substituents is 1. The second-order valence-electron chi connectivity index (χ2n) is 8.68. The predicted molar refractivity (Wildman–Crippen MR) is 145 cm³/mol. The van der Waals surface area contributed by atoms with Crippen molar-refractivity contribution in [2.45, 2.75) is 13.1 Å². The Kier molecular flexibility index (Phi) is 8.46. The van der Waals surface area contributed by atoms with Crippen molar-refractivity contribution in [1.82, 2.24) is 4.90 Å². The van der Waals surface area contributed by atoms with Gasteiger partial charge in [-0.2, -0.15) is 0 Å². The van der Waals surface area contributed by atoms with Crippen molar-refractivity contribution >= 4 is 23.2 Å². The van der Waals surface area contributed by atoms with Crippen molar-refractivity contribution in [2.75, 3.05) is 18.6 Å². The molecule has 4 rings (SSSR count). The highest BCUT2D eigenvalue weighted by Crippen LogP contribution is 2.22. The third-order valence-corrected chi connectivity index (χ3v) is 5.98. The van der Waals surface area contributed by atoms with Crippen LogP contribution in [0.5, 0.6) is 5.75 Å². The molecular weight excluding hydrogens is 482 g/mol. The summed E-state index contributed by atoms with van der Waals surface area (Å²) in [5, 5.41) is 11.0. The third kappa shape index (κ3) is 6.82. The summed E-state index contributed by atoms with van der Waals surface area (Å²) in [4.78, 5) is 39.6. The summed E-state index contributed by atoms with van der Waals surface area (Å²) in [7, 11) is 1.59. The number of hydrogen-bond donors (Lipinski definition) is 0. The fraction of sp³-hybridized carbons (Fsp3) is 0.133. The quantitative estimate of drug-likeness (QED) is 0.209. The third-order valence-electron chi connectivity index (χ3n) is 5.98. The Morgan fingerprint density at radius 3 is 1.92 bits per heavy atom. The topological polar surface area (TPSA) is 93.0 Å². The van der Waals surface area contributed by atoms with E-state index in [2.05, 4.69) is 0 Å². The van der Waals surface area contributed by atoms with E-state index in [0.29, 0.717) is 24.5 Å². The van der Waals surface area contributed by atoms with Crippen LogP contribution < -0.4 is 9.64 Å². The van der Waals surface area contributed by atoms with Gasteiger partial charge < -0.3 is 14.5 Å². The first-order chi connectivity index (χ1) is 18.4. The lowest BCUT2D eigenvalue weighted by Crippen LogP contribution is -2.34. The van der Waals surface area contributed by atoms with Crippen LogP contribution in [0.4, 0.5) is 11.4 Å². The van der Waals surface area contributed by atoms with Gasteiger partial charge in [0, 0.05) is 43.5 Å². The number of rotatable bonds is 10. The van der Waals surface area contributed by atoms with E-state index in [1.807, 2.05) is 60.7 Å². The Hall–Kier alpha value is -4.98. The van der Waals surface area contributed by atoms with Gasteiger partial charge >= 0.3 is 0 Å². The number of amides is 2. The average molecular weight is 510 g/mol. The number of carbonyl (C=O) groups excluding carboxylic acids is 2. The number of hydrogen-bond acceptors (Lipinski definition) is 5. The van der Waals surface area contributed by atoms with Crippen LogP contribution in [0.3, 0.4) is 0 Å². The van der Waals surface area contributed by atoms with Gasteiger partial charge in [-0.25, -0.2) is 0 Å². The maximum Gasteiger partial charge on any atom is 0.270 e. The van der Waals surface area contributed by atoms with Gasteiger partial charge in [-0.05, 0) is 41.5 Å². The molecule has 8 nitrogen and oxygen atoms in total. The van der Waals surface area contributed by atoms with Gasteiger partial charge in [0.15, 0.2) is 6.61 Å². The minimum absolute atomic E-state index is 0.137. The zero-order valence-corrected chi connectivity index (χ0v) is 20.9. The lowest BCUT2D eigenvalue weighted by atomic mass is 10.1. The fourth-order valence-electron chi connectivity index (χ4n) is 3.91. The number of carbonyl (C=O) groups is 2. The SMILES string of the molecule is CN(C(=O)c1cccc([N+](=O)[O-])c1)c1ccc(OCC(=O)N(Cc2ccccc2)Cc2ccccc2)cc1. The van der Waals surface area contributed by atoms with Crippen LogP contribution in [0.15, 0.2) is 109 Å². The summed E-state index contributed by atoms with van der Waals surface area (Å²) in [5.74, 6) is -0.0487. The monoisotopic (exact) mass is 509 g/mol. The highest BCUT2D eigenvalue weighted by Gasteiger charge is 2.18. The Bertz CT molecular complexity index is 1350. The highest BCUT2D eigenvalue weighted by atomic mass is 16.6. The number of benzene rings is 4. The van der Waals surface area contributed by atoms with Crippen molar-refractivity contribution in [3.8, 4) is 5.75 Å². The second kappa shape index (κ2) is 12.3. The van der Waals surface area contributed by atoms with E-state index in [1.54, 1.807) is 36.2 Å². The standard InChI is InChI=1S/C30H27N3O5/c1-31(30(35)25-13-8-14-27(19-25)33(36)37)26-15-17-28(18-16-26)38-22-29(34)32(20-23-9-4-2-5-10-23)21-24-11-6-3-7-12-24/h2-19H,20-22H2,1H3. The molecule has 0 aromatic heterocycles. The van der Waals surface area contributed by atoms with Crippen LogP contribution in [0.25, 0.3) is 0 Å². The number of nitrogens with zero attached hydrogens (tertiary/aromatic N) is 3. The maximum absolute atomic E-state index is 13.1. The zero-order valence-electron chi connectivity index (χ0n) is 20.9. The minimum atomic E-state index is -0.537. The van der Waals surface area contributed by atoms with Gasteiger partial charge in [-0.15, -0.1) is 0 Å². The van der Waals surface area contributed by atoms with Gasteiger partial charge in [0.25, 0.3) is 17.5 Å². The van der Waals surface area contributed by atoms with Crippen LogP contribution >= 0.6 is 0 Å². The molecule has 0 radical (unpaired) electrons. The Morgan fingerprint density at radius 2 is 1.37 bits per heavy atom. The van der Waals surface area contributed by atoms with Crippen LogP contribution in [0.1, 0.15) is 21.5 Å². The molecule has 8 heteroatoms. The van der Waals surface area contributed by atoms with E-state index in [9.17, 15) is 19.7 Å². The molecule has 0 aliphatic rings. The Balaban J connectivity index is 1.39. The number of ether oxygens (including phenoxy) is 1. The smallest absolute Gasteiger partial charge is 0.270 e. The molecule has 192 valence electrons. The summed E-state index contributed by atoms with van der Waals surface area (Å²) in [6.07, 6.45) is 0. The van der Waals surface area contributed by atoms with Crippen molar-refractivity contribution in [3.05, 3.63) is 136 Å². The molecular formula is C30H27N3O5. The number of nitro groups is 1. The molecule has 0 unspecified atom stereocenters. The Morgan fingerprint density at radius 1 is 0.789 bits per heavy atom. The first-order valence-corrected chi connectivity index (χ1v) is 12.0. The summed E-state index contributed by atoms with van der Waals surface area (Å²) >= 11 is 0. The number of anilines is 1. The van der Waals surface area contributed by atoms with Crippen molar-refractivity contribution in [3.63, 3.8) is 0 Å². The predicted octanol–water partition coefficient (Wildman–Crippen LogP) is 5.48. The maximum atomic E-state index is 13.1. The van der Waals surface area contributed by atoms with Crippen molar-refractivity contribution in [2.24, 2.45) is 0 Å². The highest BCUT2D eigenvalue weighted by molar-refractivity contribution is 6.06. The van der Waals surface area contributed by atoms with E-state index in [4.69, 9.17) is 4.74 Å². The van der Waals surface area contributed by atoms with Gasteiger partial charge in [0.2, 0.25) is 0 Å². The summed E-state index contributed by atoms with van der Waals surface area (Å²) in [6, 6.07) is 31.9. The lowest BCUT2D eigenvalue weighted by molar-refractivity contribution is -0.384. The molecule has 0 fully saturated rings. The summed E-state index contributed by atoms with van der Waals surface area (Å²) < 4.78 is 5.78. The zero-order chi connectivity index (χ0) is 26.9. The molecule has 0 aliphatic heterocycles. The van der Waals surface area contributed by atoms with Gasteiger partial charge in [-0.1, -0.05) is 66.7 Å². The van der Waals surface area contributed by atoms with E-state index in [1.165, 1.54) is 29.2 Å². The van der Waals surface area contributed by atoms with Crippen molar-refractivity contribution < 1.29 is 19.2 Å². The van der Waals surface area contributed by atoms with Gasteiger partial charge in [-0.3, -0.25) is 19.7 Å². The first-order valence-electron chi connectivity index (χ1n) is 12.0. The molecule has 0 bridgehead atoms. The van der Waals surface area contributed by atoms with Gasteiger partial charge in [0.1, 0.15) is 5.75 Å².